The lowest BCUT2D eigenvalue weighted by Crippen LogP contribution is -2.43. The van der Waals surface area contributed by atoms with Gasteiger partial charge in [0, 0.05) is 36.8 Å². The summed E-state index contributed by atoms with van der Waals surface area (Å²) in [5.74, 6) is 2.04. The van der Waals surface area contributed by atoms with Gasteiger partial charge >= 0.3 is 5.97 Å². The van der Waals surface area contributed by atoms with Crippen LogP contribution in [0.2, 0.25) is 0 Å². The van der Waals surface area contributed by atoms with E-state index in [4.69, 9.17) is 18.9 Å². The van der Waals surface area contributed by atoms with Crippen molar-refractivity contribution in [2.75, 3.05) is 20.8 Å². The van der Waals surface area contributed by atoms with Crippen LogP contribution in [0.5, 0.6) is 11.5 Å². The summed E-state index contributed by atoms with van der Waals surface area (Å²) in [4.78, 5) is 12.4. The number of fused-ring (bicyclic) bond motifs is 4. The first-order valence-corrected chi connectivity index (χ1v) is 10.3. The van der Waals surface area contributed by atoms with Crippen LogP contribution < -0.4 is 9.47 Å². The summed E-state index contributed by atoms with van der Waals surface area (Å²) >= 11 is 0. The highest BCUT2D eigenvalue weighted by molar-refractivity contribution is 5.91. The van der Waals surface area contributed by atoms with Crippen LogP contribution in [0.4, 0.5) is 0 Å². The number of esters is 1. The Bertz CT molecular complexity index is 1100. The van der Waals surface area contributed by atoms with Gasteiger partial charge in [0.15, 0.2) is 0 Å². The lowest BCUT2D eigenvalue weighted by atomic mass is 9.78. The molecule has 31 heavy (non-hydrogen) atoms. The Morgan fingerprint density at radius 2 is 1.81 bits per heavy atom. The number of methoxy groups -OCH3 is 2. The van der Waals surface area contributed by atoms with Crippen molar-refractivity contribution >= 4 is 5.97 Å². The molecule has 1 N–H and O–H groups in total. The molecule has 0 saturated heterocycles. The van der Waals surface area contributed by atoms with Gasteiger partial charge in [-0.05, 0) is 18.2 Å². The highest BCUT2D eigenvalue weighted by Crippen LogP contribution is 2.56. The number of carbonyl (C=O) groups is 1. The third-order valence-electron chi connectivity index (χ3n) is 6.38. The van der Waals surface area contributed by atoms with Gasteiger partial charge in [-0.2, -0.15) is 0 Å². The summed E-state index contributed by atoms with van der Waals surface area (Å²) in [5.41, 5.74) is 2.73. The molecule has 2 aromatic rings. The van der Waals surface area contributed by atoms with Gasteiger partial charge in [0.25, 0.3) is 0 Å². The second kappa shape index (κ2) is 7.46. The van der Waals surface area contributed by atoms with Crippen LogP contribution in [-0.2, 0) is 9.47 Å². The predicted molar refractivity (Wildman–Crippen MR) is 113 cm³/mol. The van der Waals surface area contributed by atoms with Crippen LogP contribution in [0.3, 0.4) is 0 Å². The van der Waals surface area contributed by atoms with Crippen LogP contribution in [0.25, 0.3) is 0 Å². The van der Waals surface area contributed by atoms with E-state index in [1.54, 1.807) is 50.6 Å². The summed E-state index contributed by atoms with van der Waals surface area (Å²) in [6.45, 7) is 0.179. The number of rotatable bonds is 4. The van der Waals surface area contributed by atoms with Crippen LogP contribution in [0.15, 0.2) is 71.2 Å². The largest absolute Gasteiger partial charge is 0.497 e. The van der Waals surface area contributed by atoms with E-state index in [0.29, 0.717) is 36.3 Å². The first-order valence-electron chi connectivity index (χ1n) is 10.3. The number of hydrogen-bond acceptors (Lipinski definition) is 6. The molecule has 3 aliphatic rings. The lowest BCUT2D eigenvalue weighted by Gasteiger charge is -2.38. The Balaban J connectivity index is 1.44. The highest BCUT2D eigenvalue weighted by Gasteiger charge is 2.52. The van der Waals surface area contributed by atoms with Crippen molar-refractivity contribution < 1.29 is 28.8 Å². The van der Waals surface area contributed by atoms with Crippen LogP contribution in [-0.4, -0.2) is 37.5 Å². The van der Waals surface area contributed by atoms with E-state index in [0.717, 1.165) is 17.1 Å². The molecule has 160 valence electrons. The van der Waals surface area contributed by atoms with Gasteiger partial charge in [-0.3, -0.25) is 0 Å². The van der Waals surface area contributed by atoms with Gasteiger partial charge in [-0.15, -0.1) is 0 Å². The molecule has 0 fully saturated rings. The minimum Gasteiger partial charge on any atom is -0.497 e. The maximum absolute atomic E-state index is 12.4. The van der Waals surface area contributed by atoms with E-state index < -0.39 is 11.6 Å². The van der Waals surface area contributed by atoms with Crippen LogP contribution in [0, 0.1) is 0 Å². The third kappa shape index (κ3) is 3.27. The number of ether oxygens (including phenoxy) is 4. The maximum atomic E-state index is 12.4. The molecule has 0 radical (unpaired) electrons. The fourth-order valence-electron chi connectivity index (χ4n) is 4.95. The zero-order chi connectivity index (χ0) is 21.6. The van der Waals surface area contributed by atoms with Gasteiger partial charge in [0.1, 0.15) is 35.2 Å². The quantitative estimate of drug-likeness (QED) is 0.456. The zero-order valence-corrected chi connectivity index (χ0v) is 17.5. The molecule has 0 saturated carbocycles. The van der Waals surface area contributed by atoms with E-state index in [2.05, 4.69) is 0 Å². The second-order valence-electron chi connectivity index (χ2n) is 8.19. The Labute approximate surface area is 180 Å². The molecule has 6 nitrogen and oxygen atoms in total. The number of hydrogen-bond donors (Lipinski definition) is 1. The molecular formula is C25H24O6. The molecule has 0 aromatic heterocycles. The Morgan fingerprint density at radius 1 is 1.06 bits per heavy atom. The van der Waals surface area contributed by atoms with Gasteiger partial charge in [0.2, 0.25) is 0 Å². The van der Waals surface area contributed by atoms with Crippen molar-refractivity contribution in [1.29, 1.82) is 0 Å². The molecular weight excluding hydrogens is 396 g/mol. The van der Waals surface area contributed by atoms with E-state index in [1.165, 1.54) is 11.1 Å². The number of allylic oxidation sites excluding steroid dienone is 2. The molecule has 2 aliphatic carbocycles. The molecule has 5 rings (SSSR count). The summed E-state index contributed by atoms with van der Waals surface area (Å²) < 4.78 is 22.5. The van der Waals surface area contributed by atoms with Gasteiger partial charge in [-0.25, -0.2) is 4.79 Å². The number of carbonyl (C=O) groups excluding carboxylic acids is 1. The van der Waals surface area contributed by atoms with Gasteiger partial charge in [-0.1, -0.05) is 35.4 Å². The van der Waals surface area contributed by atoms with E-state index in [-0.39, 0.29) is 12.5 Å². The molecule has 0 spiro atoms. The van der Waals surface area contributed by atoms with Crippen molar-refractivity contribution in [2.45, 2.75) is 30.8 Å². The summed E-state index contributed by atoms with van der Waals surface area (Å²) in [6, 6.07) is 14.2. The van der Waals surface area contributed by atoms with Crippen molar-refractivity contribution in [3.63, 3.8) is 0 Å². The predicted octanol–water partition coefficient (Wildman–Crippen LogP) is 4.11. The van der Waals surface area contributed by atoms with E-state index in [1.807, 2.05) is 12.1 Å². The molecule has 0 amide bonds. The fraction of sp³-hybridized carbons (Fsp3) is 0.320. The highest BCUT2D eigenvalue weighted by atomic mass is 16.5. The molecule has 2 atom stereocenters. The second-order valence-corrected chi connectivity index (χ2v) is 8.19. The number of benzene rings is 2. The molecule has 0 bridgehead atoms. The van der Waals surface area contributed by atoms with E-state index >= 15 is 0 Å². The van der Waals surface area contributed by atoms with Crippen molar-refractivity contribution in [3.8, 4) is 11.5 Å². The smallest absolute Gasteiger partial charge is 0.343 e. The Hall–Kier alpha value is -3.25. The molecule has 1 heterocycles. The summed E-state index contributed by atoms with van der Waals surface area (Å²) in [6.07, 6.45) is 1.78. The zero-order valence-electron chi connectivity index (χ0n) is 17.5. The SMILES string of the molecule is COC1=C(OC)CC2=C(C1)C[C@@]1(O)COc3cc(OC(=O)c4ccccc4)ccc3[C@@H]21. The van der Waals surface area contributed by atoms with Crippen LogP contribution >= 0.6 is 0 Å². The molecule has 6 heteroatoms. The van der Waals surface area contributed by atoms with Crippen molar-refractivity contribution in [2.24, 2.45) is 0 Å². The van der Waals surface area contributed by atoms with Crippen molar-refractivity contribution in [1.82, 2.24) is 0 Å². The van der Waals surface area contributed by atoms with Crippen LogP contribution in [0.1, 0.15) is 41.1 Å². The maximum Gasteiger partial charge on any atom is 0.343 e. The molecule has 0 unspecified atom stereocenters. The summed E-state index contributed by atoms with van der Waals surface area (Å²) in [7, 11) is 3.29. The first kappa shape index (κ1) is 19.7. The van der Waals surface area contributed by atoms with Gasteiger partial charge in [0.05, 0.1) is 19.8 Å². The van der Waals surface area contributed by atoms with Gasteiger partial charge < -0.3 is 24.1 Å². The topological polar surface area (TPSA) is 74.2 Å². The number of aliphatic hydroxyl groups is 1. The Kier molecular flexibility index (Phi) is 4.74. The Morgan fingerprint density at radius 3 is 2.55 bits per heavy atom. The standard InChI is InChI=1S/C25H24O6/c1-28-21-10-16-13-25(27)14-30-20-11-17(31-24(26)15-6-4-3-5-7-15)8-9-18(20)23(25)19(16)12-22(21)29-2/h3-9,11,23,27H,10,12-14H2,1-2H3/t23-,25+/m0/s1. The average Bonchev–Trinajstić information content (AvgIpc) is 3.10. The lowest BCUT2D eigenvalue weighted by molar-refractivity contribution is -0.0238. The summed E-state index contributed by atoms with van der Waals surface area (Å²) in [5, 5.41) is 11.4. The third-order valence-corrected chi connectivity index (χ3v) is 6.38. The first-order chi connectivity index (χ1) is 15.0. The molecule has 1 aliphatic heterocycles. The van der Waals surface area contributed by atoms with Crippen molar-refractivity contribution in [3.05, 3.63) is 82.3 Å². The average molecular weight is 420 g/mol. The minimum absolute atomic E-state index is 0.179. The fourth-order valence-corrected chi connectivity index (χ4v) is 4.95. The van der Waals surface area contributed by atoms with E-state index in [9.17, 15) is 9.90 Å². The normalized spacial score (nSPS) is 24.0. The minimum atomic E-state index is -0.998. The monoisotopic (exact) mass is 420 g/mol. The molecule has 2 aromatic carbocycles.